The molecule has 2 aromatic heterocycles. The number of hydrogen-bond acceptors (Lipinski definition) is 5. The fourth-order valence-corrected chi connectivity index (χ4v) is 4.21. The maximum Gasteiger partial charge on any atom is 0.432 e. The number of carbonyl (C=O) groups is 1. The third kappa shape index (κ3) is 3.86. The molecule has 1 aliphatic rings. The monoisotopic (exact) mass is 406 g/mol. The van der Waals surface area contributed by atoms with Crippen LogP contribution >= 0.6 is 0 Å². The number of alkyl halides is 3. The van der Waals surface area contributed by atoms with E-state index in [1.165, 1.54) is 6.07 Å². The highest BCUT2D eigenvalue weighted by Gasteiger charge is 2.38. The van der Waals surface area contributed by atoms with Crippen LogP contribution in [0.25, 0.3) is 11.5 Å². The summed E-state index contributed by atoms with van der Waals surface area (Å²) in [5.41, 5.74) is -1.23. The lowest BCUT2D eigenvalue weighted by Gasteiger charge is -2.14. The van der Waals surface area contributed by atoms with Gasteiger partial charge in [-0.25, -0.2) is 8.42 Å². The molecule has 148 valence electrons. The molecule has 1 aliphatic heterocycles. The number of rotatable bonds is 5. The van der Waals surface area contributed by atoms with E-state index < -0.39 is 32.9 Å². The zero-order valence-corrected chi connectivity index (χ0v) is 15.0. The van der Waals surface area contributed by atoms with E-state index in [9.17, 15) is 26.4 Å². The molecule has 1 atom stereocenters. The van der Waals surface area contributed by atoms with Crippen LogP contribution in [0.1, 0.15) is 19.0 Å². The number of nitrogens with one attached hydrogen (secondary N) is 2. The quantitative estimate of drug-likeness (QED) is 0.788. The van der Waals surface area contributed by atoms with Gasteiger partial charge in [-0.05, 0) is 31.5 Å². The normalized spacial score (nSPS) is 18.7. The summed E-state index contributed by atoms with van der Waals surface area (Å²) in [4.78, 5) is 11.9. The molecule has 0 bridgehead atoms. The molecule has 2 aromatic rings. The zero-order chi connectivity index (χ0) is 19.8. The van der Waals surface area contributed by atoms with Crippen molar-refractivity contribution in [1.82, 2.24) is 19.8 Å². The van der Waals surface area contributed by atoms with Crippen LogP contribution in [0.5, 0.6) is 0 Å². The van der Waals surface area contributed by atoms with Crippen molar-refractivity contribution < 1.29 is 30.8 Å². The van der Waals surface area contributed by atoms with Crippen LogP contribution in [0.3, 0.4) is 0 Å². The van der Waals surface area contributed by atoms with Crippen molar-refractivity contribution in [1.29, 1.82) is 0 Å². The fraction of sp³-hybridized carbons (Fsp3) is 0.467. The van der Waals surface area contributed by atoms with E-state index in [1.54, 1.807) is 6.92 Å². The van der Waals surface area contributed by atoms with E-state index in [0.29, 0.717) is 13.0 Å². The molecule has 0 aliphatic carbocycles. The second-order valence-electron chi connectivity index (χ2n) is 6.03. The summed E-state index contributed by atoms with van der Waals surface area (Å²) in [5.74, 6) is -0.777. The first kappa shape index (κ1) is 19.4. The Morgan fingerprint density at radius 1 is 1.44 bits per heavy atom. The molecule has 1 amide bonds. The predicted octanol–water partition coefficient (Wildman–Crippen LogP) is 1.84. The lowest BCUT2D eigenvalue weighted by atomic mass is 10.1. The first-order valence-electron chi connectivity index (χ1n) is 8.13. The number of nitrogens with zero attached hydrogens (tertiary/aromatic N) is 2. The summed E-state index contributed by atoms with van der Waals surface area (Å²) < 4.78 is 69.6. The van der Waals surface area contributed by atoms with Gasteiger partial charge in [0.2, 0.25) is 11.0 Å². The van der Waals surface area contributed by atoms with Gasteiger partial charge in [0.15, 0.2) is 5.76 Å². The van der Waals surface area contributed by atoms with Gasteiger partial charge in [-0.15, -0.1) is 0 Å². The Hall–Kier alpha value is -2.34. The van der Waals surface area contributed by atoms with Crippen molar-refractivity contribution in [3.8, 4) is 11.5 Å². The van der Waals surface area contributed by atoms with Crippen LogP contribution in [0.4, 0.5) is 13.2 Å². The molecule has 3 heterocycles. The minimum absolute atomic E-state index is 0.0187. The van der Waals surface area contributed by atoms with E-state index in [4.69, 9.17) is 4.42 Å². The minimum Gasteiger partial charge on any atom is -0.442 e. The Bertz CT molecular complexity index is 935. The van der Waals surface area contributed by atoms with Gasteiger partial charge in [0, 0.05) is 19.6 Å². The van der Waals surface area contributed by atoms with Gasteiger partial charge in [0.05, 0.1) is 5.92 Å². The molecule has 0 spiro atoms. The first-order valence-corrected chi connectivity index (χ1v) is 9.57. The molecule has 3 rings (SSSR count). The van der Waals surface area contributed by atoms with Crippen LogP contribution in [0.2, 0.25) is 0 Å². The van der Waals surface area contributed by atoms with Crippen molar-refractivity contribution >= 4 is 15.9 Å². The van der Waals surface area contributed by atoms with Crippen LogP contribution < -0.4 is 5.32 Å². The van der Waals surface area contributed by atoms with Crippen LogP contribution in [-0.4, -0.2) is 48.5 Å². The van der Waals surface area contributed by atoms with Crippen LogP contribution in [-0.2, 0) is 21.0 Å². The number of sulfonamides is 1. The molecule has 1 unspecified atom stereocenters. The Morgan fingerprint density at radius 3 is 2.81 bits per heavy atom. The van der Waals surface area contributed by atoms with Crippen molar-refractivity contribution in [3.63, 3.8) is 0 Å². The lowest BCUT2D eigenvalue weighted by molar-refractivity contribution is -0.141. The Labute approximate surface area is 152 Å². The Balaban J connectivity index is 1.77. The summed E-state index contributed by atoms with van der Waals surface area (Å²) in [6.07, 6.45) is -4.22. The highest BCUT2D eigenvalue weighted by Crippen LogP contribution is 2.32. The van der Waals surface area contributed by atoms with Crippen LogP contribution in [0, 0.1) is 5.92 Å². The second-order valence-corrected chi connectivity index (χ2v) is 7.90. The third-order valence-corrected chi connectivity index (χ3v) is 5.92. The van der Waals surface area contributed by atoms with Gasteiger partial charge >= 0.3 is 6.18 Å². The SMILES string of the molecule is CCNC(=O)C1CCN(S(=O)(=O)c2ccc(-c3cc(C(F)(F)F)[nH]n3)o2)C1. The molecule has 1 fully saturated rings. The summed E-state index contributed by atoms with van der Waals surface area (Å²) in [6.45, 7) is 2.39. The number of amides is 1. The molecule has 2 N–H and O–H groups in total. The van der Waals surface area contributed by atoms with Crippen molar-refractivity contribution in [3.05, 3.63) is 23.9 Å². The molecule has 1 saturated heterocycles. The summed E-state index contributed by atoms with van der Waals surface area (Å²) in [5, 5.41) is 7.58. The molecule has 0 aromatic carbocycles. The highest BCUT2D eigenvalue weighted by atomic mass is 32.2. The summed E-state index contributed by atoms with van der Waals surface area (Å²) in [7, 11) is -4.00. The van der Waals surface area contributed by atoms with E-state index in [1.807, 2.05) is 5.10 Å². The van der Waals surface area contributed by atoms with E-state index in [0.717, 1.165) is 16.4 Å². The molecule has 27 heavy (non-hydrogen) atoms. The molecule has 8 nitrogen and oxygen atoms in total. The number of furan rings is 1. The Morgan fingerprint density at radius 2 is 2.19 bits per heavy atom. The largest absolute Gasteiger partial charge is 0.442 e. The Kier molecular flexibility index (Phi) is 5.04. The zero-order valence-electron chi connectivity index (χ0n) is 14.2. The first-order chi connectivity index (χ1) is 12.6. The number of H-pyrrole nitrogens is 1. The molecular formula is C15H17F3N4O4S. The van der Waals surface area contributed by atoms with Gasteiger partial charge < -0.3 is 9.73 Å². The molecule has 12 heteroatoms. The van der Waals surface area contributed by atoms with Gasteiger partial charge in [0.1, 0.15) is 11.4 Å². The molecule has 0 saturated carbocycles. The van der Waals surface area contributed by atoms with Crippen LogP contribution in [0.15, 0.2) is 27.7 Å². The van der Waals surface area contributed by atoms with Gasteiger partial charge in [0.25, 0.3) is 10.0 Å². The smallest absolute Gasteiger partial charge is 0.432 e. The maximum atomic E-state index is 12.7. The lowest BCUT2D eigenvalue weighted by Crippen LogP contribution is -2.34. The number of hydrogen-bond donors (Lipinski definition) is 2. The van der Waals surface area contributed by atoms with Crippen molar-refractivity contribution in [2.45, 2.75) is 24.6 Å². The minimum atomic E-state index is -4.60. The molecule has 0 radical (unpaired) electrons. The predicted molar refractivity (Wildman–Crippen MR) is 86.8 cm³/mol. The van der Waals surface area contributed by atoms with Gasteiger partial charge in [-0.2, -0.15) is 22.6 Å². The van der Waals surface area contributed by atoms with Crippen molar-refractivity contribution in [2.24, 2.45) is 5.92 Å². The number of aromatic nitrogens is 2. The van der Waals surface area contributed by atoms with E-state index >= 15 is 0 Å². The summed E-state index contributed by atoms with van der Waals surface area (Å²) >= 11 is 0. The van der Waals surface area contributed by atoms with E-state index in [2.05, 4.69) is 10.4 Å². The average Bonchev–Trinajstić information content (AvgIpc) is 3.32. The van der Waals surface area contributed by atoms with E-state index in [-0.39, 0.29) is 30.5 Å². The average molecular weight is 406 g/mol. The third-order valence-electron chi connectivity index (χ3n) is 4.18. The number of carbonyl (C=O) groups excluding carboxylic acids is 1. The van der Waals surface area contributed by atoms with Gasteiger partial charge in [-0.3, -0.25) is 9.89 Å². The molecular weight excluding hydrogens is 389 g/mol. The number of halogens is 3. The standard InChI is InChI=1S/C15H17F3N4O4S/c1-2-19-14(23)9-5-6-22(8-9)27(24,25)13-4-3-11(26-13)10-7-12(21-20-10)15(16,17)18/h3-4,7,9H,2,5-6,8H2,1H3,(H,19,23)(H,20,21). The van der Waals surface area contributed by atoms with Crippen molar-refractivity contribution in [2.75, 3.05) is 19.6 Å². The highest BCUT2D eigenvalue weighted by molar-refractivity contribution is 7.89. The van der Waals surface area contributed by atoms with Gasteiger partial charge in [-0.1, -0.05) is 0 Å². The topological polar surface area (TPSA) is 108 Å². The number of aromatic amines is 1. The fourth-order valence-electron chi connectivity index (χ4n) is 2.80. The second kappa shape index (κ2) is 7.00. The maximum absolute atomic E-state index is 12.7. The summed E-state index contributed by atoms with van der Waals surface area (Å²) in [6, 6.07) is 3.13.